The molecule has 0 spiro atoms. The maximum Gasteiger partial charge on any atom is 0.311 e. The summed E-state index contributed by atoms with van der Waals surface area (Å²) >= 11 is 0. The van der Waals surface area contributed by atoms with Gasteiger partial charge in [0, 0.05) is 36.0 Å². The molecule has 1 saturated heterocycles. The Labute approximate surface area is 179 Å². The molecule has 31 heavy (non-hydrogen) atoms. The third kappa shape index (κ3) is 4.88. The van der Waals surface area contributed by atoms with Crippen molar-refractivity contribution in [3.8, 4) is 0 Å². The Morgan fingerprint density at radius 1 is 1.19 bits per heavy atom. The highest BCUT2D eigenvalue weighted by atomic mass is 16.6. The van der Waals surface area contributed by atoms with Crippen molar-refractivity contribution < 1.29 is 24.0 Å². The lowest BCUT2D eigenvalue weighted by molar-refractivity contribution is -0.385. The van der Waals surface area contributed by atoms with Crippen LogP contribution >= 0.6 is 0 Å². The van der Waals surface area contributed by atoms with E-state index in [0.717, 1.165) is 16.8 Å². The quantitative estimate of drug-likeness (QED) is 0.432. The summed E-state index contributed by atoms with van der Waals surface area (Å²) in [6, 6.07) is 9.93. The molecular formula is C22H23N3O6. The van der Waals surface area contributed by atoms with E-state index in [0.29, 0.717) is 5.56 Å². The fourth-order valence-corrected chi connectivity index (χ4v) is 3.46. The number of hydrogen-bond acceptors (Lipinski definition) is 6. The van der Waals surface area contributed by atoms with Gasteiger partial charge in [-0.2, -0.15) is 0 Å². The van der Waals surface area contributed by atoms with Crippen molar-refractivity contribution in [3.63, 3.8) is 0 Å². The smallest absolute Gasteiger partial charge is 0.311 e. The summed E-state index contributed by atoms with van der Waals surface area (Å²) < 4.78 is 5.08. The summed E-state index contributed by atoms with van der Waals surface area (Å²) in [5.74, 6) is -2.10. The molecule has 1 aliphatic heterocycles. The normalized spacial score (nSPS) is 15.6. The number of amides is 2. The standard InChI is InChI=1S/C22H23N3O6/c1-13-5-4-6-18(15(13)3)24-11-16(9-21(24)27)22(28)31-12-20(26)23-17-8-7-14(2)19(10-17)25(29)30/h4-8,10,16H,9,11-12H2,1-3H3,(H,23,26)/t16-/m0/s1. The van der Waals surface area contributed by atoms with Crippen LogP contribution in [0.15, 0.2) is 36.4 Å². The van der Waals surface area contributed by atoms with Crippen LogP contribution in [0.5, 0.6) is 0 Å². The summed E-state index contributed by atoms with van der Waals surface area (Å²) in [7, 11) is 0. The van der Waals surface area contributed by atoms with Crippen molar-refractivity contribution in [2.75, 3.05) is 23.4 Å². The maximum absolute atomic E-state index is 12.4. The van der Waals surface area contributed by atoms with Gasteiger partial charge >= 0.3 is 5.97 Å². The third-order valence-corrected chi connectivity index (χ3v) is 5.36. The van der Waals surface area contributed by atoms with E-state index >= 15 is 0 Å². The fourth-order valence-electron chi connectivity index (χ4n) is 3.46. The van der Waals surface area contributed by atoms with Gasteiger partial charge in [-0.1, -0.05) is 18.2 Å². The molecule has 162 valence electrons. The number of benzene rings is 2. The zero-order chi connectivity index (χ0) is 22.7. The number of carbonyl (C=O) groups is 3. The van der Waals surface area contributed by atoms with Gasteiger partial charge in [0.05, 0.1) is 10.8 Å². The molecule has 1 N–H and O–H groups in total. The number of carbonyl (C=O) groups excluding carboxylic acids is 3. The average molecular weight is 425 g/mol. The molecule has 0 bridgehead atoms. The van der Waals surface area contributed by atoms with E-state index in [4.69, 9.17) is 4.74 Å². The monoisotopic (exact) mass is 425 g/mol. The van der Waals surface area contributed by atoms with Gasteiger partial charge in [0.25, 0.3) is 11.6 Å². The molecular weight excluding hydrogens is 402 g/mol. The van der Waals surface area contributed by atoms with Crippen molar-refractivity contribution in [2.24, 2.45) is 5.92 Å². The Hall–Kier alpha value is -3.75. The Bertz CT molecular complexity index is 1070. The number of nitro groups is 1. The minimum Gasteiger partial charge on any atom is -0.455 e. The van der Waals surface area contributed by atoms with Crippen LogP contribution in [0.3, 0.4) is 0 Å². The predicted octanol–water partition coefficient (Wildman–Crippen LogP) is 3.05. The number of aryl methyl sites for hydroxylation is 2. The van der Waals surface area contributed by atoms with Crippen LogP contribution in [0.4, 0.5) is 17.1 Å². The molecule has 1 aliphatic rings. The first kappa shape index (κ1) is 21.9. The first-order valence-electron chi connectivity index (χ1n) is 9.75. The second kappa shape index (κ2) is 8.95. The Kier molecular flexibility index (Phi) is 6.33. The van der Waals surface area contributed by atoms with Crippen LogP contribution in [0.25, 0.3) is 0 Å². The van der Waals surface area contributed by atoms with Crippen LogP contribution < -0.4 is 10.2 Å². The Morgan fingerprint density at radius 2 is 1.94 bits per heavy atom. The number of nitrogens with zero attached hydrogens (tertiary/aromatic N) is 2. The van der Waals surface area contributed by atoms with Crippen LogP contribution in [0, 0.1) is 36.8 Å². The van der Waals surface area contributed by atoms with Crippen molar-refractivity contribution in [1.82, 2.24) is 0 Å². The summed E-state index contributed by atoms with van der Waals surface area (Å²) in [5, 5.41) is 13.5. The number of hydrogen-bond donors (Lipinski definition) is 1. The lowest BCUT2D eigenvalue weighted by Gasteiger charge is -2.20. The largest absolute Gasteiger partial charge is 0.455 e. The summed E-state index contributed by atoms with van der Waals surface area (Å²) in [4.78, 5) is 49.0. The summed E-state index contributed by atoms with van der Waals surface area (Å²) in [6.45, 7) is 5.11. The molecule has 0 aliphatic carbocycles. The number of rotatable bonds is 6. The second-order valence-electron chi connectivity index (χ2n) is 7.54. The highest BCUT2D eigenvalue weighted by Gasteiger charge is 2.37. The highest BCUT2D eigenvalue weighted by molar-refractivity contribution is 6.00. The van der Waals surface area contributed by atoms with E-state index in [-0.39, 0.29) is 30.2 Å². The van der Waals surface area contributed by atoms with E-state index in [2.05, 4.69) is 5.32 Å². The molecule has 1 heterocycles. The topological polar surface area (TPSA) is 119 Å². The summed E-state index contributed by atoms with van der Waals surface area (Å²) in [5.41, 5.74) is 3.36. The van der Waals surface area contributed by atoms with Crippen molar-refractivity contribution in [2.45, 2.75) is 27.2 Å². The van der Waals surface area contributed by atoms with Crippen LogP contribution in [0.1, 0.15) is 23.1 Å². The first-order chi connectivity index (χ1) is 14.7. The number of nitrogens with one attached hydrogen (secondary N) is 1. The van der Waals surface area contributed by atoms with E-state index < -0.39 is 29.3 Å². The van der Waals surface area contributed by atoms with Crippen LogP contribution in [-0.2, 0) is 19.1 Å². The van der Waals surface area contributed by atoms with Crippen molar-refractivity contribution >= 4 is 34.8 Å². The number of ether oxygens (including phenoxy) is 1. The van der Waals surface area contributed by atoms with Gasteiger partial charge in [0.1, 0.15) is 0 Å². The first-order valence-corrected chi connectivity index (χ1v) is 9.75. The van der Waals surface area contributed by atoms with Gasteiger partial charge in [-0.25, -0.2) is 0 Å². The zero-order valence-electron chi connectivity index (χ0n) is 17.5. The van der Waals surface area contributed by atoms with Crippen molar-refractivity contribution in [3.05, 3.63) is 63.2 Å². The van der Waals surface area contributed by atoms with Gasteiger partial charge < -0.3 is 15.0 Å². The Morgan fingerprint density at radius 3 is 2.65 bits per heavy atom. The lowest BCUT2D eigenvalue weighted by atomic mass is 10.1. The minimum atomic E-state index is -0.666. The van der Waals surface area contributed by atoms with E-state index in [1.54, 1.807) is 11.8 Å². The van der Waals surface area contributed by atoms with Crippen LogP contribution in [-0.4, -0.2) is 35.9 Å². The molecule has 9 nitrogen and oxygen atoms in total. The van der Waals surface area contributed by atoms with E-state index in [1.807, 2.05) is 32.0 Å². The SMILES string of the molecule is Cc1ccc(NC(=O)COC(=O)[C@H]2CC(=O)N(c3cccc(C)c3C)C2)cc1[N+](=O)[O-]. The molecule has 1 fully saturated rings. The molecule has 2 aromatic carbocycles. The molecule has 0 unspecified atom stereocenters. The molecule has 0 aromatic heterocycles. The summed E-state index contributed by atoms with van der Waals surface area (Å²) in [6.07, 6.45) is 0.0119. The minimum absolute atomic E-state index is 0.0119. The second-order valence-corrected chi connectivity index (χ2v) is 7.54. The number of anilines is 2. The molecule has 0 saturated carbocycles. The maximum atomic E-state index is 12.4. The molecule has 3 rings (SSSR count). The molecule has 1 atom stereocenters. The third-order valence-electron chi connectivity index (χ3n) is 5.36. The molecule has 2 aromatic rings. The molecule has 9 heteroatoms. The zero-order valence-corrected chi connectivity index (χ0v) is 17.5. The highest BCUT2D eigenvalue weighted by Crippen LogP contribution is 2.30. The van der Waals surface area contributed by atoms with Crippen LogP contribution in [0.2, 0.25) is 0 Å². The van der Waals surface area contributed by atoms with E-state index in [1.165, 1.54) is 18.2 Å². The van der Waals surface area contributed by atoms with Gasteiger partial charge in [-0.3, -0.25) is 24.5 Å². The predicted molar refractivity (Wildman–Crippen MR) is 114 cm³/mol. The van der Waals surface area contributed by atoms with Gasteiger partial charge in [-0.15, -0.1) is 0 Å². The number of esters is 1. The van der Waals surface area contributed by atoms with Gasteiger partial charge in [-0.05, 0) is 44.0 Å². The van der Waals surface area contributed by atoms with Gasteiger partial charge in [0.15, 0.2) is 6.61 Å². The average Bonchev–Trinajstić information content (AvgIpc) is 3.11. The Balaban J connectivity index is 1.57. The lowest BCUT2D eigenvalue weighted by Crippen LogP contribution is -2.28. The van der Waals surface area contributed by atoms with Crippen molar-refractivity contribution in [1.29, 1.82) is 0 Å². The molecule has 0 radical (unpaired) electrons. The fraction of sp³-hybridized carbons (Fsp3) is 0.318. The van der Waals surface area contributed by atoms with E-state index in [9.17, 15) is 24.5 Å². The number of nitro benzene ring substituents is 1. The molecule has 2 amide bonds. The van der Waals surface area contributed by atoms with Gasteiger partial charge in [0.2, 0.25) is 5.91 Å².